The summed E-state index contributed by atoms with van der Waals surface area (Å²) >= 11 is 0. The molecule has 0 N–H and O–H groups in total. The Morgan fingerprint density at radius 3 is 2.02 bits per heavy atom. The van der Waals surface area contributed by atoms with Crippen LogP contribution in [-0.2, 0) is 0 Å². The smallest absolute Gasteiger partial charge is 0.160 e. The van der Waals surface area contributed by atoms with Crippen LogP contribution in [0.3, 0.4) is 0 Å². The second-order valence-electron chi connectivity index (χ2n) is 13.7. The minimum absolute atomic E-state index is 0.707. The van der Waals surface area contributed by atoms with Crippen molar-refractivity contribution in [3.63, 3.8) is 0 Å². The molecular weight excluding hydrogens is 635 g/mol. The summed E-state index contributed by atoms with van der Waals surface area (Å²) in [7, 11) is 0. The van der Waals surface area contributed by atoms with Crippen LogP contribution in [0.25, 0.3) is 116 Å². The van der Waals surface area contributed by atoms with E-state index in [1.54, 1.807) is 0 Å². The van der Waals surface area contributed by atoms with E-state index in [2.05, 4.69) is 144 Å². The number of benzene rings is 8. The van der Waals surface area contributed by atoms with Crippen LogP contribution < -0.4 is 0 Å². The Kier molecular flexibility index (Phi) is 5.47. The first-order valence-electron chi connectivity index (χ1n) is 17.7. The number of aromatic nitrogens is 3. The Bertz CT molecular complexity index is 3280. The third kappa shape index (κ3) is 3.70. The molecule has 12 rings (SSSR count). The molecule has 0 saturated heterocycles. The van der Waals surface area contributed by atoms with E-state index < -0.39 is 0 Å². The van der Waals surface area contributed by atoms with Gasteiger partial charge in [-0.05, 0) is 82.2 Å². The maximum Gasteiger partial charge on any atom is 0.160 e. The Morgan fingerprint density at radius 1 is 0.442 bits per heavy atom. The molecule has 0 atom stereocenters. The molecule has 240 valence electrons. The third-order valence-electron chi connectivity index (χ3n) is 10.9. The van der Waals surface area contributed by atoms with Gasteiger partial charge in [-0.25, -0.2) is 9.97 Å². The van der Waals surface area contributed by atoms with E-state index in [1.807, 2.05) is 24.3 Å². The Morgan fingerprint density at radius 2 is 1.15 bits per heavy atom. The van der Waals surface area contributed by atoms with E-state index in [-0.39, 0.29) is 0 Å². The van der Waals surface area contributed by atoms with Crippen LogP contribution in [0.2, 0.25) is 0 Å². The fraction of sp³-hybridized carbons (Fsp3) is 0. The van der Waals surface area contributed by atoms with Crippen molar-refractivity contribution in [1.29, 1.82) is 0 Å². The number of hydrogen-bond acceptors (Lipinski definition) is 3. The Hall–Kier alpha value is -7.04. The van der Waals surface area contributed by atoms with Crippen LogP contribution in [0.1, 0.15) is 0 Å². The molecule has 11 aromatic rings. The molecule has 0 saturated carbocycles. The third-order valence-corrected chi connectivity index (χ3v) is 10.9. The molecule has 3 aromatic heterocycles. The van der Waals surface area contributed by atoms with Gasteiger partial charge in [0.25, 0.3) is 0 Å². The molecule has 4 nitrogen and oxygen atoms in total. The average molecular weight is 662 g/mol. The number of rotatable bonds is 3. The first-order valence-corrected chi connectivity index (χ1v) is 17.7. The van der Waals surface area contributed by atoms with E-state index >= 15 is 0 Å². The molecule has 0 fully saturated rings. The zero-order chi connectivity index (χ0) is 33.9. The van der Waals surface area contributed by atoms with Gasteiger partial charge in [0, 0.05) is 43.7 Å². The van der Waals surface area contributed by atoms with Gasteiger partial charge in [-0.3, -0.25) is 0 Å². The quantitative estimate of drug-likeness (QED) is 0.189. The second kappa shape index (κ2) is 10.3. The minimum Gasteiger partial charge on any atom is -0.455 e. The molecule has 52 heavy (non-hydrogen) atoms. The molecule has 0 bridgehead atoms. The Labute approximate surface area is 297 Å². The molecule has 0 aliphatic heterocycles. The summed E-state index contributed by atoms with van der Waals surface area (Å²) < 4.78 is 9.14. The van der Waals surface area contributed by atoms with Gasteiger partial charge >= 0.3 is 0 Å². The van der Waals surface area contributed by atoms with E-state index in [4.69, 9.17) is 14.4 Å². The molecule has 8 aromatic carbocycles. The minimum atomic E-state index is 0.707. The van der Waals surface area contributed by atoms with Crippen molar-refractivity contribution in [2.24, 2.45) is 0 Å². The van der Waals surface area contributed by atoms with Gasteiger partial charge in [0.1, 0.15) is 11.2 Å². The van der Waals surface area contributed by atoms with Crippen LogP contribution in [0, 0.1) is 0 Å². The zero-order valence-corrected chi connectivity index (χ0v) is 27.8. The summed E-state index contributed by atoms with van der Waals surface area (Å²) in [5, 5.41) is 8.16. The first-order chi connectivity index (χ1) is 25.8. The topological polar surface area (TPSA) is 43.9 Å². The standard InChI is InChI=1S/C48H27N3O/c1-2-11-28(12-3-1)45-36-16-6-8-19-40(36)49-48(50-45)29-21-23-30(24-22-29)51-41-26-25-35-33-15-7-9-20-42(33)52-47(35)44(41)39-27-38-32-14-5-4-13-31(32)34-17-10-18-37(43(34)38)46(39)51/h1-27H. The van der Waals surface area contributed by atoms with Gasteiger partial charge in [0.15, 0.2) is 5.82 Å². The monoisotopic (exact) mass is 661 g/mol. The summed E-state index contributed by atoms with van der Waals surface area (Å²) in [5.74, 6) is 0.707. The maximum absolute atomic E-state index is 6.72. The fourth-order valence-electron chi connectivity index (χ4n) is 8.69. The van der Waals surface area contributed by atoms with Crippen LogP contribution >= 0.6 is 0 Å². The van der Waals surface area contributed by atoms with Gasteiger partial charge in [0.2, 0.25) is 0 Å². The SMILES string of the molecule is c1ccc(-c2nc(-c3ccc(-n4c5ccc6c7ccccc7oc6c5c5cc6c7c(cccc7c54)-c4ccccc4-6)cc3)nc3ccccc23)cc1. The van der Waals surface area contributed by atoms with E-state index in [0.717, 1.165) is 66.3 Å². The van der Waals surface area contributed by atoms with Crippen molar-refractivity contribution in [3.05, 3.63) is 164 Å². The molecule has 0 spiro atoms. The lowest BCUT2D eigenvalue weighted by Crippen LogP contribution is -1.97. The van der Waals surface area contributed by atoms with Crippen molar-refractivity contribution >= 4 is 65.4 Å². The molecule has 0 unspecified atom stereocenters. The van der Waals surface area contributed by atoms with Gasteiger partial charge < -0.3 is 8.98 Å². The summed E-state index contributed by atoms with van der Waals surface area (Å²) in [6.07, 6.45) is 0. The lowest BCUT2D eigenvalue weighted by Gasteiger charge is -2.13. The highest BCUT2D eigenvalue weighted by Gasteiger charge is 2.27. The lowest BCUT2D eigenvalue weighted by molar-refractivity contribution is 0.673. The van der Waals surface area contributed by atoms with Crippen LogP contribution in [0.4, 0.5) is 0 Å². The normalized spacial score (nSPS) is 12.2. The lowest BCUT2D eigenvalue weighted by atomic mass is 9.98. The second-order valence-corrected chi connectivity index (χ2v) is 13.7. The number of hydrogen-bond donors (Lipinski definition) is 0. The highest BCUT2D eigenvalue weighted by Crippen LogP contribution is 2.52. The van der Waals surface area contributed by atoms with E-state index in [0.29, 0.717) is 5.82 Å². The largest absolute Gasteiger partial charge is 0.455 e. The van der Waals surface area contributed by atoms with Crippen molar-refractivity contribution in [2.45, 2.75) is 0 Å². The van der Waals surface area contributed by atoms with Crippen LogP contribution in [0.15, 0.2) is 168 Å². The summed E-state index contributed by atoms with van der Waals surface area (Å²) in [5.41, 5.74) is 14.2. The summed E-state index contributed by atoms with van der Waals surface area (Å²) in [6, 6.07) is 58.1. The molecule has 4 heteroatoms. The first kappa shape index (κ1) is 27.7. The molecule has 0 radical (unpaired) electrons. The number of furan rings is 1. The van der Waals surface area contributed by atoms with Gasteiger partial charge in [-0.1, -0.05) is 109 Å². The molecule has 1 aliphatic rings. The van der Waals surface area contributed by atoms with Crippen LogP contribution in [0.5, 0.6) is 0 Å². The number of nitrogens with zero attached hydrogens (tertiary/aromatic N) is 3. The maximum atomic E-state index is 6.72. The molecule has 0 amide bonds. The van der Waals surface area contributed by atoms with Crippen molar-refractivity contribution < 1.29 is 4.42 Å². The predicted molar refractivity (Wildman–Crippen MR) is 214 cm³/mol. The predicted octanol–water partition coefficient (Wildman–Crippen LogP) is 12.8. The fourth-order valence-corrected chi connectivity index (χ4v) is 8.69. The van der Waals surface area contributed by atoms with E-state index in [9.17, 15) is 0 Å². The summed E-state index contributed by atoms with van der Waals surface area (Å²) in [6.45, 7) is 0. The van der Waals surface area contributed by atoms with Gasteiger partial charge in [0.05, 0.1) is 27.6 Å². The highest BCUT2D eigenvalue weighted by molar-refractivity contribution is 6.31. The summed E-state index contributed by atoms with van der Waals surface area (Å²) in [4.78, 5) is 10.2. The van der Waals surface area contributed by atoms with Crippen molar-refractivity contribution in [2.75, 3.05) is 0 Å². The molecule has 1 aliphatic carbocycles. The number of para-hydroxylation sites is 2. The van der Waals surface area contributed by atoms with E-state index in [1.165, 1.54) is 43.9 Å². The zero-order valence-electron chi connectivity index (χ0n) is 27.8. The van der Waals surface area contributed by atoms with Crippen molar-refractivity contribution in [1.82, 2.24) is 14.5 Å². The molecular formula is C48H27N3O. The van der Waals surface area contributed by atoms with Crippen molar-refractivity contribution in [3.8, 4) is 50.6 Å². The van der Waals surface area contributed by atoms with Crippen LogP contribution in [-0.4, -0.2) is 14.5 Å². The average Bonchev–Trinajstić information content (AvgIpc) is 3.87. The Balaban J connectivity index is 1.14. The highest BCUT2D eigenvalue weighted by atomic mass is 16.3. The molecule has 3 heterocycles. The number of fused-ring (bicyclic) bond motifs is 12. The van der Waals surface area contributed by atoms with Gasteiger partial charge in [-0.2, -0.15) is 0 Å². The van der Waals surface area contributed by atoms with Gasteiger partial charge in [-0.15, -0.1) is 0 Å².